The van der Waals surface area contributed by atoms with Crippen LogP contribution in [0.3, 0.4) is 0 Å². The molecule has 0 bridgehead atoms. The monoisotopic (exact) mass is 951 g/mol. The van der Waals surface area contributed by atoms with Crippen molar-refractivity contribution in [3.63, 3.8) is 0 Å². The number of ether oxygens (including phenoxy) is 3. The fourth-order valence-corrected chi connectivity index (χ4v) is 8.30. The van der Waals surface area contributed by atoms with E-state index in [9.17, 15) is 14.4 Å². The number of rotatable bonds is 53. The quantitative estimate of drug-likeness (QED) is 0.0262. The van der Waals surface area contributed by atoms with Crippen molar-refractivity contribution in [3.8, 4) is 0 Å². The second-order valence-corrected chi connectivity index (χ2v) is 19.6. The SMILES string of the molecule is CCCCC/C=C\C/C=C\C/C=C\CCCCCCCCC(=O)OCC(COC(=O)CCCCCCCCCCCCCCCCC)OC(=O)CCCCCCC/C=C\C/C=C\CCCCCC. The van der Waals surface area contributed by atoms with E-state index in [-0.39, 0.29) is 31.1 Å². The van der Waals surface area contributed by atoms with Crippen LogP contribution in [-0.4, -0.2) is 37.2 Å². The van der Waals surface area contributed by atoms with Crippen molar-refractivity contribution in [2.24, 2.45) is 0 Å². The normalized spacial score (nSPS) is 12.5. The minimum Gasteiger partial charge on any atom is -0.462 e. The lowest BCUT2D eigenvalue weighted by Gasteiger charge is -2.18. The first-order valence-corrected chi connectivity index (χ1v) is 29.3. The molecular weight excluding hydrogens is 841 g/mol. The summed E-state index contributed by atoms with van der Waals surface area (Å²) in [7, 11) is 0. The second-order valence-electron chi connectivity index (χ2n) is 19.6. The van der Waals surface area contributed by atoms with Crippen LogP contribution in [0.15, 0.2) is 60.8 Å². The van der Waals surface area contributed by atoms with E-state index >= 15 is 0 Å². The van der Waals surface area contributed by atoms with Gasteiger partial charge in [0, 0.05) is 19.3 Å². The van der Waals surface area contributed by atoms with Gasteiger partial charge in [0.1, 0.15) is 13.2 Å². The number of hydrogen-bond acceptors (Lipinski definition) is 6. The van der Waals surface area contributed by atoms with Crippen LogP contribution in [0.4, 0.5) is 0 Å². The van der Waals surface area contributed by atoms with Crippen LogP contribution in [0.25, 0.3) is 0 Å². The van der Waals surface area contributed by atoms with E-state index in [0.717, 1.165) is 103 Å². The summed E-state index contributed by atoms with van der Waals surface area (Å²) >= 11 is 0. The molecule has 0 aliphatic carbocycles. The van der Waals surface area contributed by atoms with E-state index in [1.165, 1.54) is 154 Å². The molecule has 0 aliphatic rings. The minimum atomic E-state index is -0.786. The van der Waals surface area contributed by atoms with Crippen molar-refractivity contribution >= 4 is 17.9 Å². The summed E-state index contributed by atoms with van der Waals surface area (Å²) in [5.41, 5.74) is 0. The molecule has 0 amide bonds. The van der Waals surface area contributed by atoms with Gasteiger partial charge in [0.15, 0.2) is 6.10 Å². The number of unbranched alkanes of at least 4 members (excludes halogenated alkanes) is 32. The van der Waals surface area contributed by atoms with E-state index in [0.29, 0.717) is 19.3 Å². The maximum Gasteiger partial charge on any atom is 0.306 e. The van der Waals surface area contributed by atoms with E-state index in [2.05, 4.69) is 81.5 Å². The molecule has 1 unspecified atom stereocenters. The molecule has 0 N–H and O–H groups in total. The average molecular weight is 952 g/mol. The van der Waals surface area contributed by atoms with Gasteiger partial charge in [-0.25, -0.2) is 0 Å². The molecule has 0 heterocycles. The van der Waals surface area contributed by atoms with Crippen molar-refractivity contribution in [3.05, 3.63) is 60.8 Å². The van der Waals surface area contributed by atoms with Crippen LogP contribution in [-0.2, 0) is 28.6 Å². The summed E-state index contributed by atoms with van der Waals surface area (Å²) in [5.74, 6) is -0.896. The summed E-state index contributed by atoms with van der Waals surface area (Å²) in [5, 5.41) is 0. The number of carbonyl (C=O) groups excluding carboxylic acids is 3. The zero-order chi connectivity index (χ0) is 49.3. The van der Waals surface area contributed by atoms with Gasteiger partial charge in [0.05, 0.1) is 0 Å². The third kappa shape index (κ3) is 54.1. The second kappa shape index (κ2) is 56.7. The van der Waals surface area contributed by atoms with Crippen molar-refractivity contribution < 1.29 is 28.6 Å². The molecule has 0 saturated carbocycles. The number of hydrogen-bond donors (Lipinski definition) is 0. The Bertz CT molecular complexity index is 1230. The first kappa shape index (κ1) is 65.1. The molecule has 394 valence electrons. The zero-order valence-electron chi connectivity index (χ0n) is 45.1. The van der Waals surface area contributed by atoms with Crippen molar-refractivity contribution in [2.75, 3.05) is 13.2 Å². The first-order chi connectivity index (χ1) is 33.5. The Labute approximate surface area is 421 Å². The van der Waals surface area contributed by atoms with Gasteiger partial charge in [-0.1, -0.05) is 248 Å². The van der Waals surface area contributed by atoms with Crippen molar-refractivity contribution in [2.45, 2.75) is 303 Å². The first-order valence-electron chi connectivity index (χ1n) is 29.3. The summed E-state index contributed by atoms with van der Waals surface area (Å²) in [6.45, 7) is 6.60. The van der Waals surface area contributed by atoms with Gasteiger partial charge in [-0.3, -0.25) is 14.4 Å². The van der Waals surface area contributed by atoms with Crippen molar-refractivity contribution in [1.82, 2.24) is 0 Å². The van der Waals surface area contributed by atoms with Crippen LogP contribution in [0, 0.1) is 0 Å². The summed E-state index contributed by atoms with van der Waals surface area (Å²) in [4.78, 5) is 38.2. The molecule has 0 aliphatic heterocycles. The lowest BCUT2D eigenvalue weighted by molar-refractivity contribution is -0.167. The van der Waals surface area contributed by atoms with Gasteiger partial charge in [0.2, 0.25) is 0 Å². The predicted molar refractivity (Wildman–Crippen MR) is 293 cm³/mol. The minimum absolute atomic E-state index is 0.0817. The molecule has 0 spiro atoms. The lowest BCUT2D eigenvalue weighted by atomic mass is 10.0. The summed E-state index contributed by atoms with van der Waals surface area (Å²) in [6.07, 6.45) is 70.6. The van der Waals surface area contributed by atoms with E-state index in [4.69, 9.17) is 14.2 Å². The van der Waals surface area contributed by atoms with E-state index in [1.54, 1.807) is 0 Å². The van der Waals surface area contributed by atoms with Crippen LogP contribution < -0.4 is 0 Å². The summed E-state index contributed by atoms with van der Waals surface area (Å²) < 4.78 is 16.9. The molecule has 6 heteroatoms. The smallest absolute Gasteiger partial charge is 0.306 e. The Hall–Kier alpha value is -2.89. The molecule has 0 rings (SSSR count). The molecule has 6 nitrogen and oxygen atoms in total. The molecule has 0 saturated heterocycles. The molecule has 0 fully saturated rings. The molecule has 68 heavy (non-hydrogen) atoms. The Kier molecular flexibility index (Phi) is 54.3. The lowest BCUT2D eigenvalue weighted by Crippen LogP contribution is -2.30. The largest absolute Gasteiger partial charge is 0.462 e. The van der Waals surface area contributed by atoms with Crippen LogP contribution in [0.5, 0.6) is 0 Å². The maximum absolute atomic E-state index is 12.9. The number of carbonyl (C=O) groups is 3. The average Bonchev–Trinajstić information content (AvgIpc) is 3.34. The molecule has 0 radical (unpaired) electrons. The topological polar surface area (TPSA) is 78.9 Å². The molecular formula is C62H110O6. The Morgan fingerprint density at radius 3 is 0.868 bits per heavy atom. The number of allylic oxidation sites excluding steroid dienone is 10. The van der Waals surface area contributed by atoms with Gasteiger partial charge in [0.25, 0.3) is 0 Å². The highest BCUT2D eigenvalue weighted by molar-refractivity contribution is 5.71. The fraction of sp³-hybridized carbons (Fsp3) is 0.790. The highest BCUT2D eigenvalue weighted by Gasteiger charge is 2.19. The molecule has 0 aromatic heterocycles. The van der Waals surface area contributed by atoms with Crippen LogP contribution in [0.2, 0.25) is 0 Å². The van der Waals surface area contributed by atoms with Crippen LogP contribution >= 0.6 is 0 Å². The van der Waals surface area contributed by atoms with Gasteiger partial charge in [-0.15, -0.1) is 0 Å². The Morgan fingerprint density at radius 1 is 0.294 bits per heavy atom. The fourth-order valence-electron chi connectivity index (χ4n) is 8.30. The molecule has 1 atom stereocenters. The third-order valence-electron chi connectivity index (χ3n) is 12.7. The van der Waals surface area contributed by atoms with Gasteiger partial charge < -0.3 is 14.2 Å². The van der Waals surface area contributed by atoms with Gasteiger partial charge in [-0.2, -0.15) is 0 Å². The molecule has 0 aromatic rings. The zero-order valence-corrected chi connectivity index (χ0v) is 45.1. The predicted octanol–water partition coefficient (Wildman–Crippen LogP) is 19.6. The Morgan fingerprint density at radius 2 is 0.529 bits per heavy atom. The number of esters is 3. The van der Waals surface area contributed by atoms with E-state index < -0.39 is 6.10 Å². The third-order valence-corrected chi connectivity index (χ3v) is 12.7. The summed E-state index contributed by atoms with van der Waals surface area (Å²) in [6, 6.07) is 0. The highest BCUT2D eigenvalue weighted by Crippen LogP contribution is 2.16. The maximum atomic E-state index is 12.9. The van der Waals surface area contributed by atoms with Gasteiger partial charge >= 0.3 is 17.9 Å². The molecule has 0 aromatic carbocycles. The highest BCUT2D eigenvalue weighted by atomic mass is 16.6. The Balaban J connectivity index is 4.40. The van der Waals surface area contributed by atoms with E-state index in [1.807, 2.05) is 0 Å². The van der Waals surface area contributed by atoms with Gasteiger partial charge in [-0.05, 0) is 89.9 Å². The van der Waals surface area contributed by atoms with Crippen LogP contribution in [0.1, 0.15) is 297 Å². The standard InChI is InChI=1S/C62H110O6/c1-4-7-10-13-16-19-22-25-28-30-31-32-35-37-40-43-46-49-52-55-61(64)67-58-59(57-66-60(63)54-51-48-45-42-39-36-33-27-24-21-18-15-12-9-6-3)68-62(65)56-53-50-47-44-41-38-34-29-26-23-20-17-14-11-8-5-2/h16,19-20,23,25,28-29,31-32,34,59H,4-15,17-18,21-22,24,26-27,30,33,35-58H2,1-3H3/b19-16-,23-20-,28-25-,32-31-,34-29-. The van der Waals surface area contributed by atoms with Crippen molar-refractivity contribution in [1.29, 1.82) is 0 Å².